The molecule has 1 aromatic carbocycles. The molecule has 0 aliphatic rings. The van der Waals surface area contributed by atoms with Crippen LogP contribution in [0.1, 0.15) is 15.9 Å². The van der Waals surface area contributed by atoms with Gasteiger partial charge >= 0.3 is 5.69 Å². The zero-order valence-corrected chi connectivity index (χ0v) is 10.8. The number of hydrogen-bond donors (Lipinski definition) is 2. The van der Waals surface area contributed by atoms with E-state index in [9.17, 15) is 9.59 Å². The van der Waals surface area contributed by atoms with Gasteiger partial charge in [0, 0.05) is 11.9 Å². The van der Waals surface area contributed by atoms with Crippen LogP contribution in [-0.4, -0.2) is 20.5 Å². The summed E-state index contributed by atoms with van der Waals surface area (Å²) in [7, 11) is 0. The van der Waals surface area contributed by atoms with Gasteiger partial charge in [0.25, 0.3) is 5.91 Å². The number of carbonyl (C=O) groups is 1. The number of nitrogens with one attached hydrogen (secondary N) is 2. The van der Waals surface area contributed by atoms with Gasteiger partial charge in [0.05, 0.1) is 5.56 Å². The molecule has 0 saturated heterocycles. The maximum atomic E-state index is 12.1. The number of aromatic amines is 1. The van der Waals surface area contributed by atoms with Crippen molar-refractivity contribution in [2.45, 2.75) is 6.92 Å². The monoisotopic (exact) mass is 268 g/mol. The molecular formula is C14H12N4O2. The highest BCUT2D eigenvalue weighted by Gasteiger charge is 2.08. The van der Waals surface area contributed by atoms with Gasteiger partial charge in [-0.2, -0.15) is 5.10 Å². The molecule has 2 heterocycles. The van der Waals surface area contributed by atoms with Crippen LogP contribution in [0.3, 0.4) is 0 Å². The van der Waals surface area contributed by atoms with Crippen LogP contribution in [0.2, 0.25) is 0 Å². The molecule has 6 heteroatoms. The second-order valence-corrected chi connectivity index (χ2v) is 4.50. The normalized spacial score (nSPS) is 10.7. The molecule has 0 bridgehead atoms. The van der Waals surface area contributed by atoms with Crippen LogP contribution in [-0.2, 0) is 0 Å². The third-order valence-electron chi connectivity index (χ3n) is 2.95. The summed E-state index contributed by atoms with van der Waals surface area (Å²) >= 11 is 0. The van der Waals surface area contributed by atoms with Gasteiger partial charge in [-0.15, -0.1) is 0 Å². The van der Waals surface area contributed by atoms with Crippen molar-refractivity contribution in [3.8, 4) is 0 Å². The van der Waals surface area contributed by atoms with Crippen molar-refractivity contribution in [2.24, 2.45) is 0 Å². The molecule has 20 heavy (non-hydrogen) atoms. The third-order valence-corrected chi connectivity index (χ3v) is 2.95. The fraction of sp³-hybridized carbons (Fsp3) is 0.0714. The molecule has 0 radical (unpaired) electrons. The summed E-state index contributed by atoms with van der Waals surface area (Å²) in [4.78, 5) is 23.6. The first-order valence-electron chi connectivity index (χ1n) is 6.08. The Balaban J connectivity index is 1.92. The second-order valence-electron chi connectivity index (χ2n) is 4.50. The number of nitrogens with zero attached hydrogens (tertiary/aromatic N) is 2. The van der Waals surface area contributed by atoms with Gasteiger partial charge in [0.1, 0.15) is 0 Å². The van der Waals surface area contributed by atoms with Crippen LogP contribution >= 0.6 is 0 Å². The molecule has 1 amide bonds. The Morgan fingerprint density at radius 2 is 2.15 bits per heavy atom. The van der Waals surface area contributed by atoms with Crippen molar-refractivity contribution in [1.82, 2.24) is 14.6 Å². The first-order chi connectivity index (χ1) is 9.63. The highest BCUT2D eigenvalue weighted by Crippen LogP contribution is 2.11. The van der Waals surface area contributed by atoms with Crippen LogP contribution in [0, 0.1) is 6.92 Å². The number of benzene rings is 1. The number of rotatable bonds is 2. The largest absolute Gasteiger partial charge is 0.347 e. The Hall–Kier alpha value is -2.89. The van der Waals surface area contributed by atoms with Gasteiger partial charge in [0.2, 0.25) is 0 Å². The number of H-pyrrole nitrogens is 1. The zero-order valence-electron chi connectivity index (χ0n) is 10.8. The number of aromatic nitrogens is 3. The maximum absolute atomic E-state index is 12.1. The van der Waals surface area contributed by atoms with Gasteiger partial charge < -0.3 is 5.32 Å². The highest BCUT2D eigenvalue weighted by atomic mass is 16.2. The molecule has 0 spiro atoms. The molecular weight excluding hydrogens is 256 g/mol. The van der Waals surface area contributed by atoms with Gasteiger partial charge in [-0.1, -0.05) is 12.1 Å². The van der Waals surface area contributed by atoms with E-state index in [2.05, 4.69) is 15.5 Å². The van der Waals surface area contributed by atoms with Crippen molar-refractivity contribution in [2.75, 3.05) is 5.32 Å². The van der Waals surface area contributed by atoms with Crippen LogP contribution in [0.25, 0.3) is 5.65 Å². The highest BCUT2D eigenvalue weighted by molar-refractivity contribution is 6.04. The van der Waals surface area contributed by atoms with Crippen molar-refractivity contribution in [1.29, 1.82) is 0 Å². The lowest BCUT2D eigenvalue weighted by molar-refractivity contribution is 0.102. The number of amides is 1. The first kappa shape index (κ1) is 12.2. The molecule has 3 aromatic rings. The van der Waals surface area contributed by atoms with E-state index in [0.717, 1.165) is 11.3 Å². The molecule has 0 aliphatic heterocycles. The summed E-state index contributed by atoms with van der Waals surface area (Å²) in [5.74, 6) is -0.273. The molecule has 0 fully saturated rings. The molecule has 100 valence electrons. The standard InChI is InChI=1S/C14H12N4O2/c1-9-3-2-4-11(7-9)15-13(19)10-5-6-12-16-17-14(20)18(12)8-10/h2-8H,1H3,(H,15,19)(H,17,20). The SMILES string of the molecule is Cc1cccc(NC(=O)c2ccc3n[nH]c(=O)n3c2)c1. The van der Waals surface area contributed by atoms with E-state index in [0.29, 0.717) is 11.2 Å². The molecule has 6 nitrogen and oxygen atoms in total. The summed E-state index contributed by atoms with van der Waals surface area (Å²) in [6.45, 7) is 1.95. The van der Waals surface area contributed by atoms with E-state index >= 15 is 0 Å². The van der Waals surface area contributed by atoms with Crippen molar-refractivity contribution < 1.29 is 4.79 Å². The molecule has 0 aliphatic carbocycles. The van der Waals surface area contributed by atoms with Crippen molar-refractivity contribution in [3.05, 3.63) is 64.2 Å². The van der Waals surface area contributed by atoms with Crippen LogP contribution in [0.15, 0.2) is 47.4 Å². The smallest absolute Gasteiger partial charge is 0.322 e. The van der Waals surface area contributed by atoms with Gasteiger partial charge in [-0.3, -0.25) is 4.79 Å². The van der Waals surface area contributed by atoms with E-state index in [1.165, 1.54) is 10.6 Å². The average Bonchev–Trinajstić information content (AvgIpc) is 2.80. The Morgan fingerprint density at radius 3 is 2.95 bits per heavy atom. The minimum atomic E-state index is -0.370. The van der Waals surface area contributed by atoms with Crippen molar-refractivity contribution in [3.63, 3.8) is 0 Å². The number of carbonyl (C=O) groups excluding carboxylic acids is 1. The van der Waals surface area contributed by atoms with E-state index in [-0.39, 0.29) is 11.6 Å². The fourth-order valence-electron chi connectivity index (χ4n) is 1.97. The van der Waals surface area contributed by atoms with Crippen molar-refractivity contribution >= 4 is 17.2 Å². The summed E-state index contributed by atoms with van der Waals surface area (Å²) in [6, 6.07) is 10.7. The van der Waals surface area contributed by atoms with E-state index in [1.807, 2.05) is 31.2 Å². The van der Waals surface area contributed by atoms with E-state index in [4.69, 9.17) is 0 Å². The summed E-state index contributed by atoms with van der Waals surface area (Å²) in [5.41, 5.74) is 2.27. The quantitative estimate of drug-likeness (QED) is 0.740. The lowest BCUT2D eigenvalue weighted by Crippen LogP contribution is -2.15. The van der Waals surface area contributed by atoms with Crippen LogP contribution in [0.5, 0.6) is 0 Å². The minimum Gasteiger partial charge on any atom is -0.322 e. The molecule has 3 rings (SSSR count). The first-order valence-corrected chi connectivity index (χ1v) is 6.08. The number of aryl methyl sites for hydroxylation is 1. The van der Waals surface area contributed by atoms with E-state index in [1.54, 1.807) is 12.1 Å². The lowest BCUT2D eigenvalue weighted by atomic mass is 10.2. The summed E-state index contributed by atoms with van der Waals surface area (Å²) < 4.78 is 1.30. The maximum Gasteiger partial charge on any atom is 0.347 e. The molecule has 2 N–H and O–H groups in total. The summed E-state index contributed by atoms with van der Waals surface area (Å²) in [6.07, 6.45) is 1.46. The summed E-state index contributed by atoms with van der Waals surface area (Å²) in [5, 5.41) is 8.92. The Labute approximate surface area is 114 Å². The predicted octanol–water partition coefficient (Wildman–Crippen LogP) is 1.58. The molecule has 2 aromatic heterocycles. The Morgan fingerprint density at radius 1 is 1.30 bits per heavy atom. The number of pyridine rings is 1. The molecule has 0 unspecified atom stereocenters. The van der Waals surface area contributed by atoms with Crippen LogP contribution < -0.4 is 11.0 Å². The van der Waals surface area contributed by atoms with E-state index < -0.39 is 0 Å². The van der Waals surface area contributed by atoms with Gasteiger partial charge in [-0.05, 0) is 36.8 Å². The number of fused-ring (bicyclic) bond motifs is 1. The molecule has 0 saturated carbocycles. The van der Waals surface area contributed by atoms with Gasteiger partial charge in [0.15, 0.2) is 5.65 Å². The number of anilines is 1. The Bertz CT molecular complexity index is 848. The number of hydrogen-bond acceptors (Lipinski definition) is 3. The topological polar surface area (TPSA) is 79.3 Å². The second kappa shape index (κ2) is 4.65. The van der Waals surface area contributed by atoms with Crippen LogP contribution in [0.4, 0.5) is 5.69 Å². The van der Waals surface area contributed by atoms with Gasteiger partial charge in [-0.25, -0.2) is 14.3 Å². The third kappa shape index (κ3) is 2.18. The molecule has 0 atom stereocenters. The fourth-order valence-corrected chi connectivity index (χ4v) is 1.97. The minimum absolute atomic E-state index is 0.273. The lowest BCUT2D eigenvalue weighted by Gasteiger charge is -2.06. The predicted molar refractivity (Wildman–Crippen MR) is 74.9 cm³/mol. The Kier molecular flexibility index (Phi) is 2.83. The zero-order chi connectivity index (χ0) is 14.1. The average molecular weight is 268 g/mol.